The lowest BCUT2D eigenvalue weighted by Crippen LogP contribution is -2.20. The van der Waals surface area contributed by atoms with Crippen molar-refractivity contribution in [2.45, 2.75) is 11.8 Å². The van der Waals surface area contributed by atoms with Gasteiger partial charge in [-0.15, -0.1) is 0 Å². The molecule has 29 heavy (non-hydrogen) atoms. The molecule has 0 atom stereocenters. The van der Waals surface area contributed by atoms with Crippen molar-refractivity contribution < 1.29 is 13.2 Å². The standard InChI is InChI=1S/C20H17ClN4O3S/c1-14(19-7-2-3-12-22-19)23-24-20(26)15-5-4-6-18(13-15)29(27,28)25-17-10-8-16(21)9-11-17/h2-13,25H,1H3,(H,24,26)/b23-14-. The number of hydrogen-bond donors (Lipinski definition) is 2. The van der Waals surface area contributed by atoms with E-state index in [-0.39, 0.29) is 10.5 Å². The molecule has 2 aromatic carbocycles. The molecule has 0 bridgehead atoms. The third-order valence-corrected chi connectivity index (χ3v) is 5.49. The van der Waals surface area contributed by atoms with Crippen molar-refractivity contribution in [3.05, 3.63) is 89.2 Å². The van der Waals surface area contributed by atoms with Crippen molar-refractivity contribution in [2.24, 2.45) is 5.10 Å². The molecule has 1 heterocycles. The minimum atomic E-state index is -3.88. The van der Waals surface area contributed by atoms with E-state index in [2.05, 4.69) is 20.2 Å². The maximum Gasteiger partial charge on any atom is 0.271 e. The van der Waals surface area contributed by atoms with Crippen LogP contribution in [0.25, 0.3) is 0 Å². The summed E-state index contributed by atoms with van der Waals surface area (Å²) >= 11 is 5.81. The third-order valence-electron chi connectivity index (χ3n) is 3.86. The molecule has 3 aromatic rings. The highest BCUT2D eigenvalue weighted by Gasteiger charge is 2.16. The van der Waals surface area contributed by atoms with Gasteiger partial charge in [-0.1, -0.05) is 23.7 Å². The Morgan fingerprint density at radius 1 is 1.03 bits per heavy atom. The number of amides is 1. The topological polar surface area (TPSA) is 101 Å². The number of carbonyl (C=O) groups is 1. The second-order valence-corrected chi connectivity index (χ2v) is 8.11. The fourth-order valence-electron chi connectivity index (χ4n) is 2.37. The van der Waals surface area contributed by atoms with E-state index >= 15 is 0 Å². The molecule has 3 rings (SSSR count). The molecule has 0 aliphatic heterocycles. The van der Waals surface area contributed by atoms with Crippen LogP contribution in [-0.4, -0.2) is 25.0 Å². The number of hydrazone groups is 1. The zero-order valence-electron chi connectivity index (χ0n) is 15.3. The summed E-state index contributed by atoms with van der Waals surface area (Å²) in [5, 5.41) is 4.51. The number of rotatable bonds is 6. The molecule has 2 N–H and O–H groups in total. The lowest BCUT2D eigenvalue weighted by atomic mass is 10.2. The van der Waals surface area contributed by atoms with Gasteiger partial charge in [-0.3, -0.25) is 14.5 Å². The third kappa shape index (κ3) is 5.40. The molecular weight excluding hydrogens is 412 g/mol. The lowest BCUT2D eigenvalue weighted by Gasteiger charge is -2.09. The van der Waals surface area contributed by atoms with Gasteiger partial charge in [-0.25, -0.2) is 13.8 Å². The summed E-state index contributed by atoms with van der Waals surface area (Å²) in [5.41, 5.74) is 4.07. The quantitative estimate of drug-likeness (QED) is 0.461. The highest BCUT2D eigenvalue weighted by Crippen LogP contribution is 2.19. The second kappa shape index (κ2) is 8.85. The van der Waals surface area contributed by atoms with Gasteiger partial charge in [0.25, 0.3) is 15.9 Å². The number of aromatic nitrogens is 1. The van der Waals surface area contributed by atoms with Gasteiger partial charge in [0.2, 0.25) is 0 Å². The van der Waals surface area contributed by atoms with Gasteiger partial charge in [0.1, 0.15) is 0 Å². The smallest absolute Gasteiger partial charge is 0.271 e. The minimum absolute atomic E-state index is 0.0504. The lowest BCUT2D eigenvalue weighted by molar-refractivity contribution is 0.0954. The molecule has 0 unspecified atom stereocenters. The number of halogens is 1. The van der Waals surface area contributed by atoms with Gasteiger partial charge in [-0.05, 0) is 61.5 Å². The van der Waals surface area contributed by atoms with E-state index < -0.39 is 15.9 Å². The predicted octanol–water partition coefficient (Wildman–Crippen LogP) is 3.69. The fourth-order valence-corrected chi connectivity index (χ4v) is 3.60. The number of nitrogens with one attached hydrogen (secondary N) is 2. The fraction of sp³-hybridized carbons (Fsp3) is 0.0500. The zero-order chi connectivity index (χ0) is 20.9. The average molecular weight is 429 g/mol. The molecule has 1 aromatic heterocycles. The van der Waals surface area contributed by atoms with Crippen LogP contribution in [0.2, 0.25) is 5.02 Å². The zero-order valence-corrected chi connectivity index (χ0v) is 16.9. The van der Waals surface area contributed by atoms with E-state index in [0.29, 0.717) is 22.1 Å². The Morgan fingerprint density at radius 2 is 1.79 bits per heavy atom. The van der Waals surface area contributed by atoms with E-state index in [1.54, 1.807) is 49.5 Å². The van der Waals surface area contributed by atoms with Crippen LogP contribution in [0.15, 0.2) is 82.9 Å². The molecule has 0 aliphatic rings. The minimum Gasteiger partial charge on any atom is -0.280 e. The first-order valence-corrected chi connectivity index (χ1v) is 10.4. The Hall–Kier alpha value is -3.23. The molecule has 0 spiro atoms. The molecule has 1 amide bonds. The maximum atomic E-state index is 12.6. The maximum absolute atomic E-state index is 12.6. The molecule has 0 aliphatic carbocycles. The molecule has 0 saturated heterocycles. The summed E-state index contributed by atoms with van der Waals surface area (Å²) in [7, 11) is -3.88. The number of anilines is 1. The Morgan fingerprint density at radius 3 is 2.48 bits per heavy atom. The van der Waals surface area contributed by atoms with Crippen LogP contribution in [0.1, 0.15) is 23.0 Å². The molecule has 9 heteroatoms. The highest BCUT2D eigenvalue weighted by atomic mass is 35.5. The van der Waals surface area contributed by atoms with Crippen molar-refractivity contribution in [2.75, 3.05) is 4.72 Å². The normalized spacial score (nSPS) is 11.7. The molecule has 148 valence electrons. The first kappa shape index (κ1) is 20.5. The molecular formula is C20H17ClN4O3S. The van der Waals surface area contributed by atoms with E-state index in [4.69, 9.17) is 11.6 Å². The largest absolute Gasteiger partial charge is 0.280 e. The summed E-state index contributed by atoms with van der Waals surface area (Å²) in [4.78, 5) is 16.5. The van der Waals surface area contributed by atoms with E-state index in [0.717, 1.165) is 0 Å². The van der Waals surface area contributed by atoms with Crippen molar-refractivity contribution in [3.8, 4) is 0 Å². The van der Waals surface area contributed by atoms with Crippen molar-refractivity contribution in [1.82, 2.24) is 10.4 Å². The molecule has 7 nitrogen and oxygen atoms in total. The van der Waals surface area contributed by atoms with Crippen molar-refractivity contribution >= 4 is 38.9 Å². The molecule has 0 radical (unpaired) electrons. The Bertz CT molecular complexity index is 1150. The van der Waals surface area contributed by atoms with Crippen LogP contribution >= 0.6 is 11.6 Å². The SMILES string of the molecule is C/C(=N/NC(=O)c1cccc(S(=O)(=O)Nc2ccc(Cl)cc2)c1)c1ccccn1. The average Bonchev–Trinajstić information content (AvgIpc) is 2.74. The first-order chi connectivity index (χ1) is 13.8. The predicted molar refractivity (Wildman–Crippen MR) is 113 cm³/mol. The monoisotopic (exact) mass is 428 g/mol. The number of sulfonamides is 1. The van der Waals surface area contributed by atoms with E-state index in [9.17, 15) is 13.2 Å². The van der Waals surface area contributed by atoms with Gasteiger partial charge >= 0.3 is 0 Å². The van der Waals surface area contributed by atoms with Crippen LogP contribution in [0.3, 0.4) is 0 Å². The van der Waals surface area contributed by atoms with Gasteiger partial charge in [0.15, 0.2) is 0 Å². The van der Waals surface area contributed by atoms with Gasteiger partial charge in [0.05, 0.1) is 16.3 Å². The van der Waals surface area contributed by atoms with Crippen molar-refractivity contribution in [1.29, 1.82) is 0 Å². The first-order valence-electron chi connectivity index (χ1n) is 8.50. The summed E-state index contributed by atoms with van der Waals surface area (Å²) in [6.07, 6.45) is 1.62. The number of carbonyl (C=O) groups excluding carboxylic acids is 1. The number of nitrogens with zero attached hydrogens (tertiary/aromatic N) is 2. The van der Waals surface area contributed by atoms with Crippen LogP contribution < -0.4 is 10.1 Å². The van der Waals surface area contributed by atoms with Crippen molar-refractivity contribution in [3.63, 3.8) is 0 Å². The summed E-state index contributed by atoms with van der Waals surface area (Å²) < 4.78 is 27.6. The molecule has 0 saturated carbocycles. The van der Waals surface area contributed by atoms with Gasteiger partial charge < -0.3 is 0 Å². The summed E-state index contributed by atoms with van der Waals surface area (Å²) in [5.74, 6) is -0.538. The molecule has 0 fully saturated rings. The van der Waals surface area contributed by atoms with E-state index in [1.807, 2.05) is 6.07 Å². The second-order valence-electron chi connectivity index (χ2n) is 5.99. The highest BCUT2D eigenvalue weighted by molar-refractivity contribution is 7.92. The van der Waals surface area contributed by atoms with Gasteiger partial charge in [0, 0.05) is 22.5 Å². The Balaban J connectivity index is 1.76. The Labute approximate surface area is 173 Å². The van der Waals surface area contributed by atoms with E-state index in [1.165, 1.54) is 24.3 Å². The van der Waals surface area contributed by atoms with Crippen LogP contribution in [0, 0.1) is 0 Å². The van der Waals surface area contributed by atoms with Crippen LogP contribution in [0.5, 0.6) is 0 Å². The van der Waals surface area contributed by atoms with Crippen LogP contribution in [0.4, 0.5) is 5.69 Å². The van der Waals surface area contributed by atoms with Gasteiger partial charge in [-0.2, -0.15) is 5.10 Å². The number of pyridine rings is 1. The number of hydrogen-bond acceptors (Lipinski definition) is 5. The van der Waals surface area contributed by atoms with Crippen LogP contribution in [-0.2, 0) is 10.0 Å². The number of benzene rings is 2. The summed E-state index contributed by atoms with van der Waals surface area (Å²) in [6, 6.07) is 17.3. The Kier molecular flexibility index (Phi) is 6.26. The summed E-state index contributed by atoms with van der Waals surface area (Å²) in [6.45, 7) is 1.71.